The monoisotopic (exact) mass is 242 g/mol. The number of amides is 1. The van der Waals surface area contributed by atoms with Gasteiger partial charge in [-0.15, -0.1) is 0 Å². The van der Waals surface area contributed by atoms with E-state index in [2.05, 4.69) is 17.1 Å². The topological polar surface area (TPSA) is 52.6 Å². The van der Waals surface area contributed by atoms with Crippen LogP contribution < -0.4 is 5.32 Å². The number of likely N-dealkylation sites (N-methyl/N-ethyl adjacent to an activating group) is 1. The molecule has 0 aromatic carbocycles. The van der Waals surface area contributed by atoms with Crippen molar-refractivity contribution in [1.82, 2.24) is 10.2 Å². The smallest absolute Gasteiger partial charge is 0.237 e. The first-order valence-electron chi connectivity index (χ1n) is 6.62. The first-order chi connectivity index (χ1) is 7.93. The lowest BCUT2D eigenvalue weighted by molar-refractivity contribution is -0.126. The van der Waals surface area contributed by atoms with E-state index in [1.165, 1.54) is 0 Å². The highest BCUT2D eigenvalue weighted by Crippen LogP contribution is 2.27. The van der Waals surface area contributed by atoms with Gasteiger partial charge < -0.3 is 10.4 Å². The third-order valence-corrected chi connectivity index (χ3v) is 3.80. The Hall–Kier alpha value is -0.610. The first kappa shape index (κ1) is 14.5. The van der Waals surface area contributed by atoms with Crippen molar-refractivity contribution in [1.29, 1.82) is 0 Å². The van der Waals surface area contributed by atoms with E-state index in [9.17, 15) is 9.90 Å². The van der Waals surface area contributed by atoms with Gasteiger partial charge in [-0.1, -0.05) is 6.92 Å². The van der Waals surface area contributed by atoms with E-state index in [4.69, 9.17) is 0 Å². The van der Waals surface area contributed by atoms with Gasteiger partial charge in [-0.25, -0.2) is 0 Å². The largest absolute Gasteiger partial charge is 0.393 e. The van der Waals surface area contributed by atoms with Crippen LogP contribution >= 0.6 is 0 Å². The van der Waals surface area contributed by atoms with E-state index in [0.717, 1.165) is 25.8 Å². The Kier molecular flexibility index (Phi) is 5.40. The van der Waals surface area contributed by atoms with Gasteiger partial charge in [0.05, 0.1) is 12.1 Å². The Morgan fingerprint density at radius 1 is 1.47 bits per heavy atom. The van der Waals surface area contributed by atoms with Crippen molar-refractivity contribution in [3.8, 4) is 0 Å². The van der Waals surface area contributed by atoms with E-state index >= 15 is 0 Å². The molecule has 1 fully saturated rings. The van der Waals surface area contributed by atoms with Crippen LogP contribution in [0.1, 0.15) is 40.0 Å². The van der Waals surface area contributed by atoms with Crippen LogP contribution in [0.4, 0.5) is 0 Å². The highest BCUT2D eigenvalue weighted by molar-refractivity contribution is 5.81. The zero-order valence-electron chi connectivity index (χ0n) is 11.4. The molecule has 1 saturated carbocycles. The van der Waals surface area contributed by atoms with Gasteiger partial charge in [-0.2, -0.15) is 0 Å². The molecule has 0 aromatic rings. The van der Waals surface area contributed by atoms with Gasteiger partial charge in [0.25, 0.3) is 0 Å². The summed E-state index contributed by atoms with van der Waals surface area (Å²) in [5.41, 5.74) is 0. The molecule has 0 spiro atoms. The lowest BCUT2D eigenvalue weighted by Gasteiger charge is -2.36. The Morgan fingerprint density at radius 3 is 2.53 bits per heavy atom. The number of nitrogens with zero attached hydrogens (tertiary/aromatic N) is 1. The average Bonchev–Trinajstić information content (AvgIpc) is 2.25. The van der Waals surface area contributed by atoms with Crippen LogP contribution in [0.2, 0.25) is 0 Å². The summed E-state index contributed by atoms with van der Waals surface area (Å²) >= 11 is 0. The van der Waals surface area contributed by atoms with Crippen molar-refractivity contribution < 1.29 is 9.90 Å². The third-order valence-electron chi connectivity index (χ3n) is 3.80. The van der Waals surface area contributed by atoms with Gasteiger partial charge in [-0.3, -0.25) is 9.69 Å². The minimum Gasteiger partial charge on any atom is -0.393 e. The molecule has 17 heavy (non-hydrogen) atoms. The van der Waals surface area contributed by atoms with Crippen LogP contribution in [-0.4, -0.2) is 47.7 Å². The molecule has 0 saturated heterocycles. The molecule has 1 rings (SSSR count). The Bertz CT molecular complexity index is 252. The van der Waals surface area contributed by atoms with Crippen LogP contribution in [0.3, 0.4) is 0 Å². The fourth-order valence-corrected chi connectivity index (χ4v) is 2.08. The van der Waals surface area contributed by atoms with Crippen molar-refractivity contribution in [3.63, 3.8) is 0 Å². The second-order valence-electron chi connectivity index (χ2n) is 5.42. The quantitative estimate of drug-likeness (QED) is 0.730. The molecule has 2 atom stereocenters. The number of carbonyl (C=O) groups excluding carboxylic acids is 1. The molecule has 100 valence electrons. The second-order valence-corrected chi connectivity index (χ2v) is 5.42. The summed E-state index contributed by atoms with van der Waals surface area (Å²) < 4.78 is 0. The Morgan fingerprint density at radius 2 is 2.06 bits per heavy atom. The number of carbonyl (C=O) groups is 1. The predicted octanol–water partition coefficient (Wildman–Crippen LogP) is 0.992. The number of hydrogen-bond donors (Lipinski definition) is 2. The summed E-state index contributed by atoms with van der Waals surface area (Å²) in [7, 11) is 1.98. The zero-order valence-corrected chi connectivity index (χ0v) is 11.4. The molecule has 0 heterocycles. The number of aliphatic hydroxyl groups excluding tert-OH is 1. The Labute approximate surface area is 104 Å². The minimum absolute atomic E-state index is 0.0956. The summed E-state index contributed by atoms with van der Waals surface area (Å²) in [5.74, 6) is 0.649. The molecule has 0 radical (unpaired) electrons. The molecular formula is C13H26N2O2. The number of hydrogen-bond acceptors (Lipinski definition) is 3. The maximum absolute atomic E-state index is 11.9. The van der Waals surface area contributed by atoms with E-state index in [0.29, 0.717) is 5.92 Å². The summed E-state index contributed by atoms with van der Waals surface area (Å²) in [6, 6.07) is 0.144. The summed E-state index contributed by atoms with van der Waals surface area (Å²) in [6.45, 7) is 6.92. The van der Waals surface area contributed by atoms with Crippen LogP contribution in [0, 0.1) is 5.92 Å². The van der Waals surface area contributed by atoms with Crippen molar-refractivity contribution >= 4 is 5.91 Å². The molecule has 4 heteroatoms. The molecule has 0 aliphatic heterocycles. The van der Waals surface area contributed by atoms with Gasteiger partial charge in [0.2, 0.25) is 5.91 Å². The van der Waals surface area contributed by atoms with Gasteiger partial charge in [0, 0.05) is 12.6 Å². The lowest BCUT2D eigenvalue weighted by Crippen LogP contribution is -2.48. The SMILES string of the molecule is CCC(C)NC(=O)C(C)N(C)CC1CC(O)C1. The standard InChI is InChI=1S/C13H26N2O2/c1-5-9(2)14-13(17)10(3)15(4)8-11-6-12(16)7-11/h9-12,16H,5-8H2,1-4H3,(H,14,17). The highest BCUT2D eigenvalue weighted by atomic mass is 16.3. The molecule has 1 amide bonds. The summed E-state index contributed by atoms with van der Waals surface area (Å²) in [5, 5.41) is 12.2. The van der Waals surface area contributed by atoms with E-state index in [1.807, 2.05) is 20.9 Å². The molecule has 2 unspecified atom stereocenters. The molecule has 2 N–H and O–H groups in total. The zero-order chi connectivity index (χ0) is 13.0. The normalized spacial score (nSPS) is 27.4. The molecular weight excluding hydrogens is 216 g/mol. The highest BCUT2D eigenvalue weighted by Gasteiger charge is 2.30. The van der Waals surface area contributed by atoms with Gasteiger partial charge in [0.15, 0.2) is 0 Å². The molecule has 0 aromatic heterocycles. The number of rotatable bonds is 6. The van der Waals surface area contributed by atoms with E-state index in [-0.39, 0.29) is 24.1 Å². The van der Waals surface area contributed by atoms with Crippen LogP contribution in [0.5, 0.6) is 0 Å². The average molecular weight is 242 g/mol. The molecule has 1 aliphatic carbocycles. The van der Waals surface area contributed by atoms with Gasteiger partial charge in [0.1, 0.15) is 0 Å². The number of nitrogens with one attached hydrogen (secondary N) is 1. The van der Waals surface area contributed by atoms with Gasteiger partial charge >= 0.3 is 0 Å². The molecule has 4 nitrogen and oxygen atoms in total. The fourth-order valence-electron chi connectivity index (χ4n) is 2.08. The lowest BCUT2D eigenvalue weighted by atomic mass is 9.82. The van der Waals surface area contributed by atoms with Crippen LogP contribution in [-0.2, 0) is 4.79 Å². The second kappa shape index (κ2) is 6.36. The van der Waals surface area contributed by atoms with Crippen LogP contribution in [0.25, 0.3) is 0 Å². The van der Waals surface area contributed by atoms with Crippen molar-refractivity contribution in [2.45, 2.75) is 58.2 Å². The van der Waals surface area contributed by atoms with E-state index in [1.54, 1.807) is 0 Å². The molecule has 0 bridgehead atoms. The fraction of sp³-hybridized carbons (Fsp3) is 0.923. The van der Waals surface area contributed by atoms with Crippen molar-refractivity contribution in [2.75, 3.05) is 13.6 Å². The predicted molar refractivity (Wildman–Crippen MR) is 68.7 cm³/mol. The van der Waals surface area contributed by atoms with Crippen molar-refractivity contribution in [3.05, 3.63) is 0 Å². The summed E-state index contributed by atoms with van der Waals surface area (Å²) in [4.78, 5) is 14.0. The maximum Gasteiger partial charge on any atom is 0.237 e. The third kappa shape index (κ3) is 4.28. The first-order valence-corrected chi connectivity index (χ1v) is 6.62. The molecule has 1 aliphatic rings. The van der Waals surface area contributed by atoms with Gasteiger partial charge in [-0.05, 0) is 46.1 Å². The number of aliphatic hydroxyl groups is 1. The maximum atomic E-state index is 11.9. The Balaban J connectivity index is 2.29. The minimum atomic E-state index is -0.113. The van der Waals surface area contributed by atoms with Crippen LogP contribution in [0.15, 0.2) is 0 Å². The van der Waals surface area contributed by atoms with Crippen molar-refractivity contribution in [2.24, 2.45) is 5.92 Å². The van der Waals surface area contributed by atoms with E-state index < -0.39 is 0 Å². The summed E-state index contributed by atoms with van der Waals surface area (Å²) in [6.07, 6.45) is 2.60.